The largest absolute Gasteiger partial charge is 0.382 e. The van der Waals surface area contributed by atoms with Gasteiger partial charge >= 0.3 is 0 Å². The molecular weight excluding hydrogens is 326 g/mol. The third-order valence-electron chi connectivity index (χ3n) is 4.74. The fourth-order valence-electron chi connectivity index (χ4n) is 3.36. The Hall–Kier alpha value is -2.86. The predicted octanol–water partition coefficient (Wildman–Crippen LogP) is 2.91. The van der Waals surface area contributed by atoms with E-state index in [2.05, 4.69) is 38.3 Å². The number of carbonyl (C=O) groups is 1. The summed E-state index contributed by atoms with van der Waals surface area (Å²) in [6.45, 7) is 2.10. The van der Waals surface area contributed by atoms with E-state index in [4.69, 9.17) is 0 Å². The summed E-state index contributed by atoms with van der Waals surface area (Å²) < 4.78 is 0. The average Bonchev–Trinajstić information content (AvgIpc) is 3.05. The number of aromatic nitrogens is 2. The average molecular weight is 349 g/mol. The zero-order valence-corrected chi connectivity index (χ0v) is 14.6. The van der Waals surface area contributed by atoms with E-state index in [1.807, 2.05) is 36.4 Å². The summed E-state index contributed by atoms with van der Waals surface area (Å²) in [5, 5.41) is 18.1. The second-order valence-electron chi connectivity index (χ2n) is 6.71. The van der Waals surface area contributed by atoms with Gasteiger partial charge in [0.05, 0.1) is 11.9 Å². The standard InChI is InChI=1S/C20H23N5O/c26-19(12-14-4-2-1-3-5-14)23-20-17-13-16(6-7-18(17)24-25-20)22-15-8-10-21-11-9-15/h1-7,13,15,21-22H,8-12H2,(H2,23,24,25,26). The Morgan fingerprint density at radius 3 is 2.73 bits per heavy atom. The van der Waals surface area contributed by atoms with Crippen LogP contribution in [0.4, 0.5) is 11.5 Å². The lowest BCUT2D eigenvalue weighted by Crippen LogP contribution is -2.35. The highest BCUT2D eigenvalue weighted by Crippen LogP contribution is 2.25. The minimum Gasteiger partial charge on any atom is -0.382 e. The Labute approximate surface area is 152 Å². The number of rotatable bonds is 5. The molecule has 26 heavy (non-hydrogen) atoms. The molecular formula is C20H23N5O. The van der Waals surface area contributed by atoms with Gasteiger partial charge < -0.3 is 16.0 Å². The molecule has 1 saturated heterocycles. The highest BCUT2D eigenvalue weighted by molar-refractivity contribution is 6.01. The topological polar surface area (TPSA) is 81.8 Å². The van der Waals surface area contributed by atoms with Gasteiger partial charge in [-0.25, -0.2) is 0 Å². The van der Waals surface area contributed by atoms with E-state index in [9.17, 15) is 4.79 Å². The van der Waals surface area contributed by atoms with Crippen LogP contribution in [0.1, 0.15) is 18.4 Å². The van der Waals surface area contributed by atoms with Crippen molar-refractivity contribution >= 4 is 28.3 Å². The first-order valence-corrected chi connectivity index (χ1v) is 9.07. The first-order valence-electron chi connectivity index (χ1n) is 9.07. The summed E-state index contributed by atoms with van der Waals surface area (Å²) in [5.74, 6) is 0.510. The van der Waals surface area contributed by atoms with Gasteiger partial charge in [-0.3, -0.25) is 9.89 Å². The Morgan fingerprint density at radius 2 is 1.92 bits per heavy atom. The molecule has 4 rings (SSSR count). The van der Waals surface area contributed by atoms with Crippen LogP contribution in [0.15, 0.2) is 48.5 Å². The van der Waals surface area contributed by atoms with Gasteiger partial charge in [0.2, 0.25) is 5.91 Å². The Morgan fingerprint density at radius 1 is 1.12 bits per heavy atom. The van der Waals surface area contributed by atoms with Gasteiger partial charge in [0, 0.05) is 17.1 Å². The molecule has 6 nitrogen and oxygen atoms in total. The van der Waals surface area contributed by atoms with E-state index < -0.39 is 0 Å². The summed E-state index contributed by atoms with van der Waals surface area (Å²) in [6.07, 6.45) is 2.57. The zero-order valence-electron chi connectivity index (χ0n) is 14.6. The summed E-state index contributed by atoms with van der Waals surface area (Å²) in [7, 11) is 0. The fraction of sp³-hybridized carbons (Fsp3) is 0.300. The van der Waals surface area contributed by atoms with Crippen molar-refractivity contribution in [3.63, 3.8) is 0 Å². The highest BCUT2D eigenvalue weighted by Gasteiger charge is 2.14. The molecule has 0 radical (unpaired) electrons. The van der Waals surface area contributed by atoms with E-state index in [0.717, 1.165) is 48.1 Å². The van der Waals surface area contributed by atoms with Crippen LogP contribution in [-0.2, 0) is 11.2 Å². The van der Waals surface area contributed by atoms with Gasteiger partial charge in [0.1, 0.15) is 0 Å². The van der Waals surface area contributed by atoms with Crippen molar-refractivity contribution in [1.29, 1.82) is 0 Å². The summed E-state index contributed by atoms with van der Waals surface area (Å²) in [4.78, 5) is 12.3. The number of H-pyrrole nitrogens is 1. The Balaban J connectivity index is 1.48. The molecule has 0 saturated carbocycles. The molecule has 1 aliphatic heterocycles. The number of hydrogen-bond acceptors (Lipinski definition) is 4. The third-order valence-corrected chi connectivity index (χ3v) is 4.74. The minimum atomic E-state index is -0.0682. The molecule has 6 heteroatoms. The normalized spacial score (nSPS) is 15.1. The number of aromatic amines is 1. The lowest BCUT2D eigenvalue weighted by atomic mass is 10.1. The monoisotopic (exact) mass is 349 g/mol. The molecule has 3 aromatic rings. The van der Waals surface area contributed by atoms with Crippen LogP contribution in [0.3, 0.4) is 0 Å². The van der Waals surface area contributed by atoms with Crippen molar-refractivity contribution in [2.24, 2.45) is 0 Å². The number of fused-ring (bicyclic) bond motifs is 1. The second kappa shape index (κ2) is 7.58. The maximum atomic E-state index is 12.3. The quantitative estimate of drug-likeness (QED) is 0.571. The molecule has 1 amide bonds. The molecule has 0 unspecified atom stereocenters. The minimum absolute atomic E-state index is 0.0682. The van der Waals surface area contributed by atoms with E-state index in [-0.39, 0.29) is 5.91 Å². The number of nitrogens with one attached hydrogen (secondary N) is 4. The highest BCUT2D eigenvalue weighted by atomic mass is 16.1. The van der Waals surface area contributed by atoms with Crippen molar-refractivity contribution in [1.82, 2.24) is 15.5 Å². The van der Waals surface area contributed by atoms with Crippen LogP contribution in [0.2, 0.25) is 0 Å². The molecule has 0 atom stereocenters. The smallest absolute Gasteiger partial charge is 0.230 e. The van der Waals surface area contributed by atoms with E-state index in [1.165, 1.54) is 0 Å². The molecule has 2 heterocycles. The van der Waals surface area contributed by atoms with Gasteiger partial charge in [-0.05, 0) is 49.7 Å². The summed E-state index contributed by atoms with van der Waals surface area (Å²) >= 11 is 0. The molecule has 134 valence electrons. The van der Waals surface area contributed by atoms with Crippen molar-refractivity contribution < 1.29 is 4.79 Å². The molecule has 1 aromatic heterocycles. The number of amides is 1. The number of piperidine rings is 1. The second-order valence-corrected chi connectivity index (χ2v) is 6.71. The van der Waals surface area contributed by atoms with E-state index in [1.54, 1.807) is 0 Å². The van der Waals surface area contributed by atoms with Gasteiger partial charge in [-0.1, -0.05) is 30.3 Å². The van der Waals surface area contributed by atoms with E-state index in [0.29, 0.717) is 18.3 Å². The molecule has 0 bridgehead atoms. The lowest BCUT2D eigenvalue weighted by Gasteiger charge is -2.24. The molecule has 0 spiro atoms. The van der Waals surface area contributed by atoms with Gasteiger partial charge in [0.15, 0.2) is 5.82 Å². The first kappa shape index (κ1) is 16.6. The van der Waals surface area contributed by atoms with Crippen molar-refractivity contribution in [3.05, 3.63) is 54.1 Å². The summed E-state index contributed by atoms with van der Waals surface area (Å²) in [5.41, 5.74) is 2.96. The maximum absolute atomic E-state index is 12.3. The third kappa shape index (κ3) is 3.86. The Bertz CT molecular complexity index is 884. The van der Waals surface area contributed by atoms with Gasteiger partial charge in [-0.15, -0.1) is 0 Å². The molecule has 2 aromatic carbocycles. The number of anilines is 2. The van der Waals surface area contributed by atoms with Crippen molar-refractivity contribution in [2.75, 3.05) is 23.7 Å². The Kier molecular flexibility index (Phi) is 4.84. The lowest BCUT2D eigenvalue weighted by molar-refractivity contribution is -0.115. The van der Waals surface area contributed by atoms with Crippen LogP contribution < -0.4 is 16.0 Å². The number of nitrogens with zero attached hydrogens (tertiary/aromatic N) is 1. The predicted molar refractivity (Wildman–Crippen MR) is 104 cm³/mol. The summed E-state index contributed by atoms with van der Waals surface area (Å²) in [6, 6.07) is 16.3. The molecule has 1 fully saturated rings. The maximum Gasteiger partial charge on any atom is 0.230 e. The van der Waals surface area contributed by atoms with Gasteiger partial charge in [0.25, 0.3) is 0 Å². The number of hydrogen-bond donors (Lipinski definition) is 4. The van der Waals surface area contributed by atoms with Crippen molar-refractivity contribution in [2.45, 2.75) is 25.3 Å². The molecule has 1 aliphatic rings. The van der Waals surface area contributed by atoms with Gasteiger partial charge in [-0.2, -0.15) is 5.10 Å². The first-order chi connectivity index (χ1) is 12.8. The SMILES string of the molecule is O=C(Cc1ccccc1)Nc1n[nH]c2ccc(NC3CCNCC3)cc12. The van der Waals surface area contributed by atoms with E-state index >= 15 is 0 Å². The zero-order chi connectivity index (χ0) is 17.8. The molecule has 4 N–H and O–H groups in total. The van der Waals surface area contributed by atoms with Crippen LogP contribution in [0.25, 0.3) is 10.9 Å². The number of carbonyl (C=O) groups excluding carboxylic acids is 1. The van der Waals surface area contributed by atoms with Crippen LogP contribution >= 0.6 is 0 Å². The van der Waals surface area contributed by atoms with Crippen LogP contribution in [0, 0.1) is 0 Å². The van der Waals surface area contributed by atoms with Crippen LogP contribution in [0.5, 0.6) is 0 Å². The van der Waals surface area contributed by atoms with Crippen LogP contribution in [-0.4, -0.2) is 35.2 Å². The fourth-order valence-corrected chi connectivity index (χ4v) is 3.36. The molecule has 0 aliphatic carbocycles. The van der Waals surface area contributed by atoms with Crippen molar-refractivity contribution in [3.8, 4) is 0 Å². The number of benzene rings is 2.